The Bertz CT molecular complexity index is 597. The largest absolute Gasteiger partial charge is 0.478 e. The Kier molecular flexibility index (Phi) is 5.41. The van der Waals surface area contributed by atoms with Crippen molar-refractivity contribution in [1.29, 1.82) is 0 Å². The van der Waals surface area contributed by atoms with Crippen molar-refractivity contribution in [2.24, 2.45) is 11.8 Å². The van der Waals surface area contributed by atoms with Crippen molar-refractivity contribution >= 4 is 5.91 Å². The van der Waals surface area contributed by atoms with E-state index in [1.807, 2.05) is 23.1 Å². The maximum absolute atomic E-state index is 12.6. The fourth-order valence-electron chi connectivity index (χ4n) is 4.37. The summed E-state index contributed by atoms with van der Waals surface area (Å²) in [5.74, 6) is 1.72. The minimum Gasteiger partial charge on any atom is -0.478 e. The highest BCUT2D eigenvalue weighted by Crippen LogP contribution is 2.39. The van der Waals surface area contributed by atoms with Crippen LogP contribution in [0.3, 0.4) is 0 Å². The number of ether oxygens (including phenoxy) is 3. The second-order valence-corrected chi connectivity index (χ2v) is 7.78. The highest BCUT2D eigenvalue weighted by molar-refractivity contribution is 5.80. The van der Waals surface area contributed by atoms with Gasteiger partial charge in [0, 0.05) is 38.0 Å². The molecule has 3 saturated heterocycles. The topological polar surface area (TPSA) is 60.9 Å². The van der Waals surface area contributed by atoms with Crippen LogP contribution in [-0.4, -0.2) is 60.9 Å². The smallest absolute Gasteiger partial charge is 0.226 e. The lowest BCUT2D eigenvalue weighted by Crippen LogP contribution is -2.67. The zero-order chi connectivity index (χ0) is 17.8. The van der Waals surface area contributed by atoms with Crippen molar-refractivity contribution in [1.82, 2.24) is 9.88 Å². The molecule has 0 bridgehead atoms. The minimum absolute atomic E-state index is 0.116. The number of hydrogen-bond acceptors (Lipinski definition) is 5. The van der Waals surface area contributed by atoms with Crippen molar-refractivity contribution in [2.75, 3.05) is 39.5 Å². The Balaban J connectivity index is 1.22. The van der Waals surface area contributed by atoms with Gasteiger partial charge in [0.2, 0.25) is 11.8 Å². The zero-order valence-corrected chi connectivity index (χ0v) is 15.3. The molecular formula is C20H28N2O4. The number of pyridine rings is 1. The van der Waals surface area contributed by atoms with Gasteiger partial charge in [-0.1, -0.05) is 6.07 Å². The summed E-state index contributed by atoms with van der Waals surface area (Å²) in [4.78, 5) is 18.8. The van der Waals surface area contributed by atoms with E-state index in [1.165, 1.54) is 0 Å². The quantitative estimate of drug-likeness (QED) is 0.806. The van der Waals surface area contributed by atoms with Gasteiger partial charge >= 0.3 is 0 Å². The molecule has 6 heteroatoms. The van der Waals surface area contributed by atoms with Crippen molar-refractivity contribution in [3.05, 3.63) is 24.4 Å². The molecule has 4 rings (SSSR count). The first-order valence-corrected chi connectivity index (χ1v) is 9.78. The number of rotatable bonds is 5. The number of hydrogen-bond donors (Lipinski definition) is 0. The molecule has 0 aliphatic carbocycles. The maximum Gasteiger partial charge on any atom is 0.226 e. The van der Waals surface area contributed by atoms with Crippen LogP contribution in [0.25, 0.3) is 0 Å². The van der Waals surface area contributed by atoms with Crippen LogP contribution in [0, 0.1) is 11.8 Å². The lowest BCUT2D eigenvalue weighted by Gasteiger charge is -2.54. The first-order valence-electron chi connectivity index (χ1n) is 9.78. The Morgan fingerprint density at radius 2 is 2.08 bits per heavy atom. The second-order valence-electron chi connectivity index (χ2n) is 7.78. The molecule has 1 spiro atoms. The molecule has 26 heavy (non-hydrogen) atoms. The molecule has 0 saturated carbocycles. The van der Waals surface area contributed by atoms with Gasteiger partial charge in [0.05, 0.1) is 19.7 Å². The molecule has 0 aromatic carbocycles. The van der Waals surface area contributed by atoms with E-state index in [2.05, 4.69) is 4.98 Å². The van der Waals surface area contributed by atoms with E-state index < -0.39 is 0 Å². The first-order chi connectivity index (χ1) is 12.7. The predicted octanol–water partition coefficient (Wildman–Crippen LogP) is 2.28. The summed E-state index contributed by atoms with van der Waals surface area (Å²) in [6.07, 6.45) is 6.57. The molecule has 0 N–H and O–H groups in total. The third-order valence-corrected chi connectivity index (χ3v) is 5.85. The van der Waals surface area contributed by atoms with Crippen LogP contribution in [0.1, 0.15) is 32.1 Å². The Morgan fingerprint density at radius 3 is 2.85 bits per heavy atom. The molecule has 3 aliphatic heterocycles. The summed E-state index contributed by atoms with van der Waals surface area (Å²) >= 11 is 0. The highest BCUT2D eigenvalue weighted by Gasteiger charge is 2.50. The highest BCUT2D eigenvalue weighted by atomic mass is 16.5. The van der Waals surface area contributed by atoms with Crippen LogP contribution in [0.5, 0.6) is 5.88 Å². The summed E-state index contributed by atoms with van der Waals surface area (Å²) in [5, 5.41) is 0. The van der Waals surface area contributed by atoms with Gasteiger partial charge in [-0.3, -0.25) is 4.79 Å². The van der Waals surface area contributed by atoms with Crippen LogP contribution in [0.15, 0.2) is 24.4 Å². The van der Waals surface area contributed by atoms with Crippen molar-refractivity contribution < 1.29 is 19.0 Å². The molecule has 1 atom stereocenters. The molecule has 1 aromatic heterocycles. The minimum atomic E-state index is -0.116. The summed E-state index contributed by atoms with van der Waals surface area (Å²) in [5.41, 5.74) is -0.116. The Labute approximate surface area is 154 Å². The van der Waals surface area contributed by atoms with Crippen LogP contribution >= 0.6 is 0 Å². The van der Waals surface area contributed by atoms with E-state index in [0.717, 1.165) is 51.8 Å². The fraction of sp³-hybridized carbons (Fsp3) is 0.700. The second kappa shape index (κ2) is 7.92. The normalized spacial score (nSPS) is 25.7. The van der Waals surface area contributed by atoms with Crippen LogP contribution < -0.4 is 4.74 Å². The molecule has 1 aromatic rings. The van der Waals surface area contributed by atoms with Gasteiger partial charge in [0.25, 0.3) is 0 Å². The monoisotopic (exact) mass is 360 g/mol. The number of carbonyl (C=O) groups excluding carboxylic acids is 1. The fourth-order valence-corrected chi connectivity index (χ4v) is 4.37. The molecule has 1 amide bonds. The van der Waals surface area contributed by atoms with Gasteiger partial charge in [-0.2, -0.15) is 0 Å². The van der Waals surface area contributed by atoms with E-state index in [0.29, 0.717) is 37.5 Å². The molecule has 4 heterocycles. The lowest BCUT2D eigenvalue weighted by molar-refractivity contribution is -0.192. The average molecular weight is 360 g/mol. The molecule has 0 radical (unpaired) electrons. The zero-order valence-electron chi connectivity index (χ0n) is 15.3. The summed E-state index contributed by atoms with van der Waals surface area (Å²) in [6.45, 7) is 4.39. The molecule has 0 unspecified atom stereocenters. The van der Waals surface area contributed by atoms with E-state index in [9.17, 15) is 4.79 Å². The maximum atomic E-state index is 12.6. The molecule has 3 aliphatic rings. The molecular weight excluding hydrogens is 332 g/mol. The van der Waals surface area contributed by atoms with E-state index >= 15 is 0 Å². The molecule has 6 nitrogen and oxygen atoms in total. The van der Waals surface area contributed by atoms with Crippen LogP contribution in [0.4, 0.5) is 0 Å². The van der Waals surface area contributed by atoms with E-state index in [1.54, 1.807) is 6.20 Å². The van der Waals surface area contributed by atoms with Crippen molar-refractivity contribution in [3.8, 4) is 5.88 Å². The third-order valence-electron chi connectivity index (χ3n) is 5.85. The summed E-state index contributed by atoms with van der Waals surface area (Å²) in [7, 11) is 0. The third kappa shape index (κ3) is 4.01. The Morgan fingerprint density at radius 1 is 1.23 bits per heavy atom. The van der Waals surface area contributed by atoms with Crippen LogP contribution in [0.2, 0.25) is 0 Å². The standard InChI is InChI=1S/C20H28N2O4/c23-19(17-6-9-24-10-7-17)22-14-20(15-22)13-16(5-12-26-20)4-11-25-18-3-1-2-8-21-18/h1-3,8,16-17H,4-7,9-15H2/t16-/m1/s1. The van der Waals surface area contributed by atoms with Crippen LogP contribution in [-0.2, 0) is 14.3 Å². The predicted molar refractivity (Wildman–Crippen MR) is 95.9 cm³/mol. The van der Waals surface area contributed by atoms with E-state index in [4.69, 9.17) is 14.2 Å². The summed E-state index contributed by atoms with van der Waals surface area (Å²) < 4.78 is 17.2. The van der Waals surface area contributed by atoms with Gasteiger partial charge in [-0.25, -0.2) is 4.98 Å². The summed E-state index contributed by atoms with van der Waals surface area (Å²) in [6, 6.07) is 5.71. The molecule has 142 valence electrons. The molecule has 3 fully saturated rings. The van der Waals surface area contributed by atoms with E-state index in [-0.39, 0.29) is 11.5 Å². The van der Waals surface area contributed by atoms with Gasteiger partial charge in [0.15, 0.2) is 0 Å². The Hall–Kier alpha value is -1.66. The SMILES string of the molecule is O=C(C1CCOCC1)N1CC2(C[C@H](CCOc3ccccn3)CCO2)C1. The van der Waals surface area contributed by atoms with Gasteiger partial charge in [-0.15, -0.1) is 0 Å². The number of likely N-dealkylation sites (tertiary alicyclic amines) is 1. The van der Waals surface area contributed by atoms with Crippen molar-refractivity contribution in [2.45, 2.75) is 37.7 Å². The lowest BCUT2D eigenvalue weighted by atomic mass is 9.78. The van der Waals surface area contributed by atoms with Crippen molar-refractivity contribution in [3.63, 3.8) is 0 Å². The number of amides is 1. The number of nitrogens with zero attached hydrogens (tertiary/aromatic N) is 2. The number of carbonyl (C=O) groups is 1. The number of aromatic nitrogens is 1. The average Bonchev–Trinajstić information content (AvgIpc) is 2.67. The van der Waals surface area contributed by atoms with Gasteiger partial charge in [-0.05, 0) is 44.1 Å². The van der Waals surface area contributed by atoms with Gasteiger partial charge < -0.3 is 19.1 Å². The first kappa shape index (κ1) is 17.7. The van der Waals surface area contributed by atoms with Gasteiger partial charge in [0.1, 0.15) is 5.60 Å².